The molecule has 0 saturated heterocycles. The van der Waals surface area contributed by atoms with Gasteiger partial charge in [0.15, 0.2) is 0 Å². The van der Waals surface area contributed by atoms with Gasteiger partial charge in [0.25, 0.3) is 0 Å². The second-order valence-corrected chi connectivity index (χ2v) is 8.11. The summed E-state index contributed by atoms with van der Waals surface area (Å²) in [6.07, 6.45) is 3.31. The maximum Gasteiger partial charge on any atom is 0.319 e. The lowest BCUT2D eigenvalue weighted by molar-refractivity contribution is -0.141. The topological polar surface area (TPSA) is 63.6 Å². The normalized spacial score (nSPS) is 15.5. The van der Waals surface area contributed by atoms with Gasteiger partial charge in [-0.05, 0) is 37.2 Å². The van der Waals surface area contributed by atoms with Gasteiger partial charge in [-0.2, -0.15) is 0 Å². The molecule has 0 bridgehead atoms. The van der Waals surface area contributed by atoms with E-state index in [0.717, 1.165) is 19.3 Å². The van der Waals surface area contributed by atoms with Crippen LogP contribution in [-0.4, -0.2) is 23.3 Å². The van der Waals surface area contributed by atoms with E-state index in [9.17, 15) is 14.5 Å². The van der Waals surface area contributed by atoms with Crippen LogP contribution in [0, 0.1) is 5.92 Å². The molecule has 1 aromatic carbocycles. The van der Waals surface area contributed by atoms with E-state index in [2.05, 4.69) is 12.1 Å². The fraction of sp³-hybridized carbons (Fsp3) is 0.588. The second-order valence-electron chi connectivity index (χ2n) is 6.17. The van der Waals surface area contributed by atoms with E-state index < -0.39 is 19.2 Å². The van der Waals surface area contributed by atoms with Gasteiger partial charge in [0.1, 0.15) is 5.16 Å². The molecule has 1 rings (SSSR count). The molecule has 0 saturated carbocycles. The number of carboxylic acid groups (broad SMARTS) is 1. The van der Waals surface area contributed by atoms with Crippen LogP contribution in [-0.2, 0) is 20.3 Å². The molecule has 0 fully saturated rings. The van der Waals surface area contributed by atoms with E-state index >= 15 is 0 Å². The Balaban J connectivity index is 2.68. The van der Waals surface area contributed by atoms with Crippen LogP contribution >= 0.6 is 8.03 Å². The lowest BCUT2D eigenvalue weighted by Crippen LogP contribution is -2.37. The summed E-state index contributed by atoms with van der Waals surface area (Å²) in [7, 11) is -1.28. The summed E-state index contributed by atoms with van der Waals surface area (Å²) in [6, 6.07) is 10.1. The number of aliphatic carboxylic acids is 1. The molecule has 0 amide bonds. The first kappa shape index (κ1) is 18.9. The van der Waals surface area contributed by atoms with E-state index in [-0.39, 0.29) is 5.92 Å². The minimum absolute atomic E-state index is 0.161. The largest absolute Gasteiger partial charge is 0.480 e. The number of hydrogen-bond acceptors (Lipinski definition) is 3. The molecule has 0 aliphatic rings. The highest BCUT2D eigenvalue weighted by molar-refractivity contribution is 7.42. The zero-order valence-electron chi connectivity index (χ0n) is 13.7. The molecule has 5 heteroatoms. The molecular weight excluding hydrogens is 299 g/mol. The van der Waals surface area contributed by atoms with Crippen molar-refractivity contribution in [1.29, 1.82) is 0 Å². The summed E-state index contributed by atoms with van der Waals surface area (Å²) in [5.41, 5.74) is 1.24. The van der Waals surface area contributed by atoms with Gasteiger partial charge < -0.3 is 9.63 Å². The predicted molar refractivity (Wildman–Crippen MR) is 89.8 cm³/mol. The maximum absolute atomic E-state index is 12.3. The number of aryl methyl sites for hydroxylation is 1. The number of hydrogen-bond donors (Lipinski definition) is 1. The minimum atomic E-state index is -2.62. The van der Waals surface area contributed by atoms with Gasteiger partial charge >= 0.3 is 5.97 Å². The average molecular weight is 326 g/mol. The van der Waals surface area contributed by atoms with E-state index in [0.29, 0.717) is 12.8 Å². The predicted octanol–water partition coefficient (Wildman–Crippen LogP) is 4.39. The van der Waals surface area contributed by atoms with Crippen LogP contribution in [0.5, 0.6) is 0 Å². The summed E-state index contributed by atoms with van der Waals surface area (Å²) in [5, 5.41) is 8.40. The molecule has 0 spiro atoms. The van der Waals surface area contributed by atoms with E-state index in [1.807, 2.05) is 32.0 Å². The summed E-state index contributed by atoms with van der Waals surface area (Å²) in [6.45, 7) is 3.90. The van der Waals surface area contributed by atoms with Crippen LogP contribution in [0.1, 0.15) is 45.1 Å². The highest BCUT2D eigenvalue weighted by Gasteiger charge is 2.44. The van der Waals surface area contributed by atoms with Gasteiger partial charge in [0, 0.05) is 7.11 Å². The van der Waals surface area contributed by atoms with Crippen molar-refractivity contribution in [2.75, 3.05) is 7.11 Å². The van der Waals surface area contributed by atoms with E-state index in [1.165, 1.54) is 12.7 Å². The van der Waals surface area contributed by atoms with Crippen molar-refractivity contribution in [2.24, 2.45) is 5.92 Å². The second kappa shape index (κ2) is 9.12. The first-order chi connectivity index (χ1) is 10.4. The van der Waals surface area contributed by atoms with Gasteiger partial charge in [0.05, 0.1) is 0 Å². The first-order valence-electron chi connectivity index (χ1n) is 7.78. The Kier molecular flexibility index (Phi) is 7.84. The summed E-state index contributed by atoms with van der Waals surface area (Å²) >= 11 is 0. The average Bonchev–Trinajstić information content (AvgIpc) is 2.49. The van der Waals surface area contributed by atoms with Crippen molar-refractivity contribution in [3.63, 3.8) is 0 Å². The zero-order chi connectivity index (χ0) is 16.6. The quantitative estimate of drug-likeness (QED) is 0.511. The highest BCUT2D eigenvalue weighted by Crippen LogP contribution is 2.47. The van der Waals surface area contributed by atoms with Crippen molar-refractivity contribution in [3.05, 3.63) is 35.9 Å². The van der Waals surface area contributed by atoms with Crippen molar-refractivity contribution in [2.45, 2.75) is 51.1 Å². The van der Waals surface area contributed by atoms with Crippen molar-refractivity contribution in [1.82, 2.24) is 0 Å². The van der Waals surface area contributed by atoms with E-state index in [1.54, 1.807) is 0 Å². The van der Waals surface area contributed by atoms with Gasteiger partial charge in [-0.25, -0.2) is 0 Å². The standard InChI is InChI=1S/C17H27O4P/c1-14(2)13-17(16(18)19,22(20)21-3)12-8-7-11-15-9-5-4-6-10-15/h4-6,9-10,14,22H,7-8,11-13H2,1-3H3,(H,18,19). The van der Waals surface area contributed by atoms with Gasteiger partial charge in [-0.15, -0.1) is 0 Å². The molecule has 0 aromatic heterocycles. The Hall–Kier alpha value is -1.12. The van der Waals surface area contributed by atoms with Gasteiger partial charge in [-0.1, -0.05) is 50.6 Å². The van der Waals surface area contributed by atoms with Crippen LogP contribution in [0.15, 0.2) is 30.3 Å². The smallest absolute Gasteiger partial charge is 0.319 e. The molecule has 1 aromatic rings. The SMILES string of the molecule is CO[PH](=O)C(CCCCc1ccccc1)(CC(C)C)C(=O)O. The van der Waals surface area contributed by atoms with Crippen LogP contribution in [0.2, 0.25) is 0 Å². The molecule has 4 nitrogen and oxygen atoms in total. The monoisotopic (exact) mass is 326 g/mol. The Labute approximate surface area is 133 Å². The minimum Gasteiger partial charge on any atom is -0.480 e. The summed E-state index contributed by atoms with van der Waals surface area (Å²) in [5.74, 6) is -0.832. The Morgan fingerprint density at radius 1 is 1.27 bits per heavy atom. The Morgan fingerprint density at radius 2 is 1.91 bits per heavy atom. The first-order valence-corrected chi connectivity index (χ1v) is 9.10. The molecule has 2 unspecified atom stereocenters. The third-order valence-corrected chi connectivity index (χ3v) is 5.72. The lowest BCUT2D eigenvalue weighted by Gasteiger charge is -2.29. The van der Waals surface area contributed by atoms with Crippen molar-refractivity contribution < 1.29 is 19.0 Å². The third-order valence-electron chi connectivity index (χ3n) is 3.90. The summed E-state index contributed by atoms with van der Waals surface area (Å²) in [4.78, 5) is 11.8. The third kappa shape index (κ3) is 5.26. The van der Waals surface area contributed by atoms with Crippen molar-refractivity contribution in [3.8, 4) is 0 Å². The van der Waals surface area contributed by atoms with Gasteiger partial charge in [-0.3, -0.25) is 9.36 Å². The highest BCUT2D eigenvalue weighted by atomic mass is 31.1. The van der Waals surface area contributed by atoms with Crippen LogP contribution < -0.4 is 0 Å². The number of carboxylic acids is 1. The molecule has 0 heterocycles. The molecule has 1 N–H and O–H groups in total. The van der Waals surface area contributed by atoms with Crippen LogP contribution in [0.3, 0.4) is 0 Å². The fourth-order valence-electron chi connectivity index (χ4n) is 2.86. The number of carbonyl (C=O) groups is 1. The van der Waals surface area contributed by atoms with Crippen LogP contribution in [0.4, 0.5) is 0 Å². The zero-order valence-corrected chi connectivity index (χ0v) is 14.7. The van der Waals surface area contributed by atoms with Crippen molar-refractivity contribution >= 4 is 14.0 Å². The molecule has 0 aliphatic carbocycles. The van der Waals surface area contributed by atoms with E-state index in [4.69, 9.17) is 4.52 Å². The molecule has 0 radical (unpaired) electrons. The van der Waals surface area contributed by atoms with Crippen LogP contribution in [0.25, 0.3) is 0 Å². The molecule has 22 heavy (non-hydrogen) atoms. The molecule has 2 atom stereocenters. The molecule has 124 valence electrons. The molecular formula is C17H27O4P. The fourth-order valence-corrected chi connectivity index (χ4v) is 4.38. The number of benzene rings is 1. The Morgan fingerprint density at radius 3 is 2.41 bits per heavy atom. The lowest BCUT2D eigenvalue weighted by atomic mass is 9.90. The maximum atomic E-state index is 12.3. The summed E-state index contributed by atoms with van der Waals surface area (Å²) < 4.78 is 17.2. The number of rotatable bonds is 10. The van der Waals surface area contributed by atoms with Gasteiger partial charge in [0.2, 0.25) is 8.03 Å². The molecule has 0 aliphatic heterocycles. The Bertz CT molecular complexity index is 487. The number of unbranched alkanes of at least 4 members (excludes halogenated alkanes) is 1.